The quantitative estimate of drug-likeness (QED) is 0.759. The zero-order chi connectivity index (χ0) is 21.3. The number of methoxy groups -OCH3 is 1. The second kappa shape index (κ2) is 8.36. The number of rotatable bonds is 5. The van der Waals surface area contributed by atoms with Crippen LogP contribution >= 0.6 is 0 Å². The van der Waals surface area contributed by atoms with E-state index in [9.17, 15) is 5.11 Å². The summed E-state index contributed by atoms with van der Waals surface area (Å²) in [5.74, 6) is 2.43. The molecule has 2 fully saturated rings. The van der Waals surface area contributed by atoms with Gasteiger partial charge in [0.15, 0.2) is 11.5 Å². The van der Waals surface area contributed by atoms with Gasteiger partial charge in [-0.25, -0.2) is 0 Å². The van der Waals surface area contributed by atoms with Crippen molar-refractivity contribution in [2.24, 2.45) is 0 Å². The van der Waals surface area contributed by atoms with Crippen LogP contribution in [0.15, 0.2) is 42.5 Å². The zero-order valence-corrected chi connectivity index (χ0v) is 18.4. The van der Waals surface area contributed by atoms with Crippen LogP contribution in [0.5, 0.6) is 17.2 Å². The summed E-state index contributed by atoms with van der Waals surface area (Å²) in [6, 6.07) is 14.4. The summed E-state index contributed by atoms with van der Waals surface area (Å²) in [5.41, 5.74) is 1.55. The highest BCUT2D eigenvalue weighted by molar-refractivity contribution is 5.46. The SMILES string of the molecule is COc1cccc(CC2(N3CCCCC3)CCC(O)(c3ccc4c(c3)OCO4)CC2)c1. The molecule has 0 bridgehead atoms. The van der Waals surface area contributed by atoms with Crippen LogP contribution < -0.4 is 14.2 Å². The summed E-state index contributed by atoms with van der Waals surface area (Å²) in [4.78, 5) is 2.72. The van der Waals surface area contributed by atoms with Gasteiger partial charge in [0.05, 0.1) is 12.7 Å². The van der Waals surface area contributed by atoms with Crippen LogP contribution in [0.3, 0.4) is 0 Å². The monoisotopic (exact) mass is 423 g/mol. The highest BCUT2D eigenvalue weighted by Gasteiger charge is 2.46. The number of nitrogens with zero attached hydrogens (tertiary/aromatic N) is 1. The third kappa shape index (κ3) is 4.01. The van der Waals surface area contributed by atoms with Crippen molar-refractivity contribution in [3.05, 3.63) is 53.6 Å². The molecule has 0 amide bonds. The second-order valence-electron chi connectivity index (χ2n) is 9.40. The summed E-state index contributed by atoms with van der Waals surface area (Å²) >= 11 is 0. The molecule has 0 aromatic heterocycles. The normalized spacial score (nSPS) is 28.5. The van der Waals surface area contributed by atoms with Gasteiger partial charge in [-0.3, -0.25) is 4.90 Å². The number of fused-ring (bicyclic) bond motifs is 1. The van der Waals surface area contributed by atoms with Gasteiger partial charge >= 0.3 is 0 Å². The second-order valence-corrected chi connectivity index (χ2v) is 9.40. The first-order chi connectivity index (χ1) is 15.1. The lowest BCUT2D eigenvalue weighted by Crippen LogP contribution is -2.56. The Hall–Kier alpha value is -2.24. The Kier molecular flexibility index (Phi) is 5.57. The zero-order valence-electron chi connectivity index (χ0n) is 18.4. The number of likely N-dealkylation sites (tertiary alicyclic amines) is 1. The minimum Gasteiger partial charge on any atom is -0.497 e. The number of aliphatic hydroxyl groups is 1. The van der Waals surface area contributed by atoms with E-state index < -0.39 is 5.60 Å². The molecule has 0 radical (unpaired) electrons. The van der Waals surface area contributed by atoms with E-state index in [-0.39, 0.29) is 12.3 Å². The lowest BCUT2D eigenvalue weighted by Gasteiger charge is -2.52. The maximum Gasteiger partial charge on any atom is 0.231 e. The van der Waals surface area contributed by atoms with Gasteiger partial charge in [0.1, 0.15) is 5.75 Å². The van der Waals surface area contributed by atoms with Gasteiger partial charge in [0.25, 0.3) is 0 Å². The Bertz CT molecular complexity index is 913. The van der Waals surface area contributed by atoms with E-state index in [1.807, 2.05) is 24.3 Å². The van der Waals surface area contributed by atoms with Gasteiger partial charge in [0, 0.05) is 5.54 Å². The molecule has 2 aromatic rings. The molecule has 5 rings (SSSR count). The predicted molar refractivity (Wildman–Crippen MR) is 120 cm³/mol. The maximum atomic E-state index is 11.6. The van der Waals surface area contributed by atoms with E-state index in [4.69, 9.17) is 14.2 Å². The third-order valence-electron chi connectivity index (χ3n) is 7.61. The van der Waals surface area contributed by atoms with E-state index in [1.165, 1.54) is 24.8 Å². The predicted octanol–water partition coefficient (Wildman–Crippen LogP) is 4.65. The van der Waals surface area contributed by atoms with Crippen molar-refractivity contribution in [3.63, 3.8) is 0 Å². The Morgan fingerprint density at radius 3 is 2.48 bits per heavy atom. The van der Waals surface area contributed by atoms with Crippen molar-refractivity contribution < 1.29 is 19.3 Å². The number of benzene rings is 2. The molecule has 166 valence electrons. The molecule has 2 aromatic carbocycles. The van der Waals surface area contributed by atoms with Crippen LogP contribution in [0.4, 0.5) is 0 Å². The number of hydrogen-bond acceptors (Lipinski definition) is 5. The van der Waals surface area contributed by atoms with E-state index in [0.29, 0.717) is 0 Å². The molecule has 1 aliphatic carbocycles. The topological polar surface area (TPSA) is 51.2 Å². The van der Waals surface area contributed by atoms with Crippen LogP contribution in [-0.4, -0.2) is 42.5 Å². The molecule has 3 aliphatic rings. The largest absolute Gasteiger partial charge is 0.497 e. The first kappa shape index (κ1) is 20.7. The molecule has 5 nitrogen and oxygen atoms in total. The number of hydrogen-bond donors (Lipinski definition) is 1. The molecular weight excluding hydrogens is 390 g/mol. The molecule has 2 aliphatic heterocycles. The molecular formula is C26H33NO4. The molecule has 2 heterocycles. The minimum absolute atomic E-state index is 0.0926. The van der Waals surface area contributed by atoms with Crippen LogP contribution in [0, 0.1) is 0 Å². The van der Waals surface area contributed by atoms with Crippen LogP contribution in [0.2, 0.25) is 0 Å². The fourth-order valence-electron chi connectivity index (χ4n) is 5.74. The first-order valence-corrected chi connectivity index (χ1v) is 11.6. The van der Waals surface area contributed by atoms with Crippen molar-refractivity contribution in [2.45, 2.75) is 62.5 Å². The van der Waals surface area contributed by atoms with E-state index in [1.54, 1.807) is 7.11 Å². The molecule has 5 heteroatoms. The van der Waals surface area contributed by atoms with E-state index in [0.717, 1.165) is 68.0 Å². The highest BCUT2D eigenvalue weighted by Crippen LogP contribution is 2.47. The molecule has 0 spiro atoms. The van der Waals surface area contributed by atoms with Gasteiger partial charge in [-0.2, -0.15) is 0 Å². The molecule has 31 heavy (non-hydrogen) atoms. The molecule has 1 N–H and O–H groups in total. The van der Waals surface area contributed by atoms with Gasteiger partial charge in [-0.15, -0.1) is 0 Å². The van der Waals surface area contributed by atoms with Gasteiger partial charge in [-0.1, -0.05) is 24.6 Å². The molecule has 0 atom stereocenters. The molecule has 0 unspecified atom stereocenters. The Balaban J connectivity index is 1.39. The Morgan fingerprint density at radius 2 is 1.71 bits per heavy atom. The summed E-state index contributed by atoms with van der Waals surface area (Å²) in [6.45, 7) is 2.58. The van der Waals surface area contributed by atoms with Gasteiger partial charge < -0.3 is 19.3 Å². The number of ether oxygens (including phenoxy) is 3. The smallest absolute Gasteiger partial charge is 0.231 e. The summed E-state index contributed by atoms with van der Waals surface area (Å²) in [5, 5.41) is 11.6. The Morgan fingerprint density at radius 1 is 0.935 bits per heavy atom. The molecule has 1 saturated carbocycles. The standard InChI is InChI=1S/C26H33NO4/c1-29-22-7-5-6-20(16-22)18-25(27-14-3-2-4-15-27)10-12-26(28,13-11-25)21-8-9-23-24(17-21)31-19-30-23/h5-9,16-17,28H,2-4,10-15,18-19H2,1H3. The van der Waals surface area contributed by atoms with E-state index >= 15 is 0 Å². The fraction of sp³-hybridized carbons (Fsp3) is 0.538. The van der Waals surface area contributed by atoms with Crippen molar-refractivity contribution in [1.29, 1.82) is 0 Å². The Labute approximate surface area is 184 Å². The van der Waals surface area contributed by atoms with E-state index in [2.05, 4.69) is 23.1 Å². The average molecular weight is 424 g/mol. The molecule has 1 saturated heterocycles. The maximum absolute atomic E-state index is 11.6. The highest BCUT2D eigenvalue weighted by atomic mass is 16.7. The van der Waals surface area contributed by atoms with Crippen molar-refractivity contribution in [2.75, 3.05) is 27.0 Å². The van der Waals surface area contributed by atoms with Crippen molar-refractivity contribution in [1.82, 2.24) is 4.90 Å². The van der Waals surface area contributed by atoms with Gasteiger partial charge in [-0.05, 0) is 93.4 Å². The summed E-state index contributed by atoms with van der Waals surface area (Å²) in [7, 11) is 1.73. The first-order valence-electron chi connectivity index (χ1n) is 11.6. The third-order valence-corrected chi connectivity index (χ3v) is 7.61. The van der Waals surface area contributed by atoms with Crippen LogP contribution in [0.1, 0.15) is 56.1 Å². The van der Waals surface area contributed by atoms with Crippen molar-refractivity contribution >= 4 is 0 Å². The van der Waals surface area contributed by atoms with Crippen LogP contribution in [-0.2, 0) is 12.0 Å². The average Bonchev–Trinajstić information content (AvgIpc) is 3.30. The van der Waals surface area contributed by atoms with Crippen molar-refractivity contribution in [3.8, 4) is 17.2 Å². The fourth-order valence-corrected chi connectivity index (χ4v) is 5.74. The lowest BCUT2D eigenvalue weighted by atomic mass is 9.68. The summed E-state index contributed by atoms with van der Waals surface area (Å²) < 4.78 is 16.5. The lowest BCUT2D eigenvalue weighted by molar-refractivity contribution is -0.0645. The minimum atomic E-state index is -0.811. The summed E-state index contributed by atoms with van der Waals surface area (Å²) in [6.07, 6.45) is 8.34. The van der Waals surface area contributed by atoms with Crippen LogP contribution in [0.25, 0.3) is 0 Å². The number of piperidine rings is 1. The van der Waals surface area contributed by atoms with Gasteiger partial charge in [0.2, 0.25) is 6.79 Å².